The fourth-order valence-electron chi connectivity index (χ4n) is 3.54. The van der Waals surface area contributed by atoms with Gasteiger partial charge in [0.25, 0.3) is 0 Å². The van der Waals surface area contributed by atoms with E-state index in [1.807, 2.05) is 30.3 Å². The molecule has 3 aromatic carbocycles. The number of amides is 1. The number of hydrogen-bond donors (Lipinski definition) is 2. The summed E-state index contributed by atoms with van der Waals surface area (Å²) >= 11 is 7.49. The van der Waals surface area contributed by atoms with Crippen LogP contribution >= 0.6 is 23.4 Å². The highest BCUT2D eigenvalue weighted by molar-refractivity contribution is 8.00. The van der Waals surface area contributed by atoms with E-state index in [9.17, 15) is 9.18 Å². The molecule has 1 amide bonds. The maximum Gasteiger partial charge on any atom is 0.240 e. The van der Waals surface area contributed by atoms with Gasteiger partial charge in [-0.2, -0.15) is 0 Å². The van der Waals surface area contributed by atoms with Crippen molar-refractivity contribution in [2.45, 2.75) is 23.1 Å². The van der Waals surface area contributed by atoms with Gasteiger partial charge in [0.1, 0.15) is 23.4 Å². The lowest BCUT2D eigenvalue weighted by Gasteiger charge is -2.33. The average molecular weight is 496 g/mol. The quantitative estimate of drug-likeness (QED) is 0.390. The van der Waals surface area contributed by atoms with Gasteiger partial charge >= 0.3 is 0 Å². The standard InChI is InChI=1S/C24H19ClFN5O2S/c25-18-8-4-5-9-19(18)27-23(32)22-21(15-10-12-16(26)13-11-15)30-31-20(28-29-24(31)34-22)14-33-17-6-2-1-3-7-17/h1-13,21-22,30H,14H2,(H,27,32). The molecule has 0 aliphatic carbocycles. The molecular weight excluding hydrogens is 477 g/mol. The Morgan fingerprint density at radius 2 is 1.79 bits per heavy atom. The van der Waals surface area contributed by atoms with Crippen molar-refractivity contribution in [2.75, 3.05) is 10.7 Å². The second-order valence-corrected chi connectivity index (χ2v) is 9.02. The van der Waals surface area contributed by atoms with Gasteiger partial charge in [-0.1, -0.05) is 65.8 Å². The molecule has 0 radical (unpaired) electrons. The maximum atomic E-state index is 13.6. The van der Waals surface area contributed by atoms with Crippen molar-refractivity contribution in [3.63, 3.8) is 0 Å². The van der Waals surface area contributed by atoms with Gasteiger partial charge in [0.15, 0.2) is 5.82 Å². The number of nitrogens with zero attached hydrogens (tertiary/aromatic N) is 3. The Bertz CT molecular complexity index is 1300. The summed E-state index contributed by atoms with van der Waals surface area (Å²) in [5, 5.41) is 11.7. The van der Waals surface area contributed by atoms with Gasteiger partial charge in [-0.25, -0.2) is 9.07 Å². The first-order chi connectivity index (χ1) is 16.6. The Morgan fingerprint density at radius 1 is 1.06 bits per heavy atom. The number of anilines is 1. The number of fused-ring (bicyclic) bond motifs is 1. The minimum atomic E-state index is -0.624. The van der Waals surface area contributed by atoms with Crippen LogP contribution in [0.5, 0.6) is 5.75 Å². The first-order valence-electron chi connectivity index (χ1n) is 10.4. The third-order valence-corrected chi connectivity index (χ3v) is 6.78. The van der Waals surface area contributed by atoms with Gasteiger partial charge < -0.3 is 15.5 Å². The van der Waals surface area contributed by atoms with Crippen molar-refractivity contribution < 1.29 is 13.9 Å². The van der Waals surface area contributed by atoms with Crippen LogP contribution in [-0.2, 0) is 11.4 Å². The highest BCUT2D eigenvalue weighted by atomic mass is 35.5. The van der Waals surface area contributed by atoms with E-state index in [0.717, 1.165) is 5.56 Å². The molecule has 5 rings (SSSR count). The smallest absolute Gasteiger partial charge is 0.240 e. The van der Waals surface area contributed by atoms with E-state index in [1.165, 1.54) is 23.9 Å². The Balaban J connectivity index is 1.43. The number of halogens is 2. The summed E-state index contributed by atoms with van der Waals surface area (Å²) < 4.78 is 21.1. The van der Waals surface area contributed by atoms with Gasteiger partial charge in [0, 0.05) is 0 Å². The Morgan fingerprint density at radius 3 is 2.56 bits per heavy atom. The van der Waals surface area contributed by atoms with Crippen LogP contribution in [-0.4, -0.2) is 26.0 Å². The summed E-state index contributed by atoms with van der Waals surface area (Å²) in [6.07, 6.45) is 0. The predicted molar refractivity (Wildman–Crippen MR) is 129 cm³/mol. The number of nitrogens with one attached hydrogen (secondary N) is 2. The molecule has 7 nitrogen and oxygen atoms in total. The van der Waals surface area contributed by atoms with E-state index < -0.39 is 11.3 Å². The molecule has 2 heterocycles. The monoisotopic (exact) mass is 495 g/mol. The normalized spacial score (nSPS) is 16.9. The van der Waals surface area contributed by atoms with Crippen LogP contribution in [0.3, 0.4) is 0 Å². The Kier molecular flexibility index (Phi) is 6.37. The summed E-state index contributed by atoms with van der Waals surface area (Å²) in [7, 11) is 0. The third kappa shape index (κ3) is 4.71. The van der Waals surface area contributed by atoms with Crippen LogP contribution in [0, 0.1) is 5.82 Å². The van der Waals surface area contributed by atoms with Gasteiger partial charge in [-0.15, -0.1) is 10.2 Å². The van der Waals surface area contributed by atoms with Gasteiger partial charge in [0.05, 0.1) is 16.8 Å². The Labute approximate surface area is 204 Å². The first-order valence-corrected chi connectivity index (χ1v) is 11.7. The van der Waals surface area contributed by atoms with Crippen molar-refractivity contribution in [3.05, 3.63) is 101 Å². The fourth-order valence-corrected chi connectivity index (χ4v) is 4.83. The van der Waals surface area contributed by atoms with E-state index in [-0.39, 0.29) is 18.3 Å². The van der Waals surface area contributed by atoms with Crippen molar-refractivity contribution >= 4 is 35.0 Å². The van der Waals surface area contributed by atoms with Crippen molar-refractivity contribution in [1.82, 2.24) is 14.9 Å². The van der Waals surface area contributed by atoms with Crippen molar-refractivity contribution in [1.29, 1.82) is 0 Å². The summed E-state index contributed by atoms with van der Waals surface area (Å²) in [6.45, 7) is 0.178. The highest BCUT2D eigenvalue weighted by Gasteiger charge is 2.38. The number of thioether (sulfide) groups is 1. The molecule has 2 unspecified atom stereocenters. The summed E-state index contributed by atoms with van der Waals surface area (Å²) in [4.78, 5) is 13.3. The second kappa shape index (κ2) is 9.74. The number of carbonyl (C=O) groups is 1. The number of benzene rings is 3. The largest absolute Gasteiger partial charge is 0.486 e. The van der Waals surface area contributed by atoms with Gasteiger partial charge in [-0.3, -0.25) is 4.79 Å². The number of hydrogen-bond acceptors (Lipinski definition) is 6. The van der Waals surface area contributed by atoms with Crippen LogP contribution in [0.2, 0.25) is 5.02 Å². The molecule has 34 heavy (non-hydrogen) atoms. The van der Waals surface area contributed by atoms with Gasteiger partial charge in [-0.05, 0) is 42.0 Å². The summed E-state index contributed by atoms with van der Waals surface area (Å²) in [5.74, 6) is 0.626. The van der Waals surface area contributed by atoms with Crippen molar-refractivity contribution in [3.8, 4) is 5.75 Å². The number of ether oxygens (including phenoxy) is 1. The molecule has 0 saturated carbocycles. The predicted octanol–water partition coefficient (Wildman–Crippen LogP) is 5.05. The first kappa shape index (κ1) is 22.2. The minimum absolute atomic E-state index is 0.178. The molecule has 172 valence electrons. The van der Waals surface area contributed by atoms with Crippen LogP contribution in [0.1, 0.15) is 17.4 Å². The zero-order chi connectivity index (χ0) is 23.5. The zero-order valence-electron chi connectivity index (χ0n) is 17.7. The molecule has 2 N–H and O–H groups in total. The highest BCUT2D eigenvalue weighted by Crippen LogP contribution is 2.38. The zero-order valence-corrected chi connectivity index (χ0v) is 19.3. The molecule has 0 spiro atoms. The van der Waals surface area contributed by atoms with Crippen LogP contribution < -0.4 is 15.5 Å². The number of rotatable bonds is 6. The minimum Gasteiger partial charge on any atom is -0.486 e. The molecule has 10 heteroatoms. The molecule has 0 saturated heterocycles. The van der Waals surface area contributed by atoms with E-state index in [1.54, 1.807) is 41.1 Å². The van der Waals surface area contributed by atoms with E-state index in [2.05, 4.69) is 20.9 Å². The fraction of sp³-hybridized carbons (Fsp3) is 0.125. The van der Waals surface area contributed by atoms with E-state index >= 15 is 0 Å². The number of aromatic nitrogens is 3. The molecule has 0 bridgehead atoms. The van der Waals surface area contributed by atoms with Crippen LogP contribution in [0.25, 0.3) is 0 Å². The molecule has 1 aliphatic rings. The lowest BCUT2D eigenvalue weighted by atomic mass is 10.0. The molecule has 4 aromatic rings. The summed E-state index contributed by atoms with van der Waals surface area (Å²) in [6, 6.07) is 21.9. The SMILES string of the molecule is O=C(Nc1ccccc1Cl)C1Sc2nnc(COc3ccccc3)n2NC1c1ccc(F)cc1. The van der Waals surface area contributed by atoms with E-state index in [0.29, 0.717) is 27.4 Å². The number of carbonyl (C=O) groups excluding carboxylic acids is 1. The van der Waals surface area contributed by atoms with E-state index in [4.69, 9.17) is 16.3 Å². The summed E-state index contributed by atoms with van der Waals surface area (Å²) in [5.41, 5.74) is 4.57. The topological polar surface area (TPSA) is 81.1 Å². The van der Waals surface area contributed by atoms with Crippen molar-refractivity contribution in [2.24, 2.45) is 0 Å². The van der Waals surface area contributed by atoms with Crippen LogP contribution in [0.4, 0.5) is 10.1 Å². The van der Waals surface area contributed by atoms with Gasteiger partial charge in [0.2, 0.25) is 11.1 Å². The number of para-hydroxylation sites is 2. The third-order valence-electron chi connectivity index (χ3n) is 5.23. The average Bonchev–Trinajstić information content (AvgIpc) is 3.26. The Hall–Kier alpha value is -3.56. The molecule has 2 atom stereocenters. The molecular formula is C24H19ClFN5O2S. The molecule has 1 aliphatic heterocycles. The molecule has 0 fully saturated rings. The van der Waals surface area contributed by atoms with Crippen LogP contribution in [0.15, 0.2) is 84.0 Å². The molecule has 1 aromatic heterocycles. The lowest BCUT2D eigenvalue weighted by molar-refractivity contribution is -0.116. The second-order valence-electron chi connectivity index (χ2n) is 7.50. The lowest BCUT2D eigenvalue weighted by Crippen LogP contribution is -2.41. The maximum absolute atomic E-state index is 13.6.